The van der Waals surface area contributed by atoms with E-state index in [1.165, 1.54) is 29.5 Å². The fraction of sp³-hybridized carbons (Fsp3) is 0.412. The average molecular weight is 271 g/mol. The summed E-state index contributed by atoms with van der Waals surface area (Å²) in [6, 6.07) is 10.6. The summed E-state index contributed by atoms with van der Waals surface area (Å²) >= 11 is 0. The van der Waals surface area contributed by atoms with Gasteiger partial charge >= 0.3 is 0 Å². The Morgan fingerprint density at radius 2 is 2.20 bits per heavy atom. The topological polar surface area (TPSA) is 34.4 Å². The van der Waals surface area contributed by atoms with Crippen LogP contribution in [0.5, 0.6) is 0 Å². The standard InChI is InChI=1S/C17H21NO2/c1-2-6-16-15(4-1)5-3-7-17(16)20-11-9-18-12-14-8-10-19-13-14/h1-2,4,6,8,10,13,17-18H,3,5,7,9,11-12H2. The van der Waals surface area contributed by atoms with Crippen molar-refractivity contribution in [1.29, 1.82) is 0 Å². The molecular formula is C17H21NO2. The molecule has 1 N–H and O–H groups in total. The van der Waals surface area contributed by atoms with E-state index < -0.39 is 0 Å². The predicted octanol–water partition coefficient (Wildman–Crippen LogP) is 3.46. The maximum Gasteiger partial charge on any atom is 0.0947 e. The fourth-order valence-corrected chi connectivity index (χ4v) is 2.78. The van der Waals surface area contributed by atoms with Gasteiger partial charge in [0.05, 0.1) is 25.2 Å². The van der Waals surface area contributed by atoms with E-state index in [9.17, 15) is 0 Å². The molecule has 0 aliphatic heterocycles. The second-order valence-electron chi connectivity index (χ2n) is 5.26. The summed E-state index contributed by atoms with van der Waals surface area (Å²) < 4.78 is 11.1. The molecule has 1 aliphatic rings. The number of furan rings is 1. The van der Waals surface area contributed by atoms with E-state index in [0.717, 1.165) is 26.1 Å². The zero-order chi connectivity index (χ0) is 13.6. The Labute approximate surface area is 119 Å². The molecule has 1 aromatic heterocycles. The van der Waals surface area contributed by atoms with Crippen LogP contribution in [0.25, 0.3) is 0 Å². The van der Waals surface area contributed by atoms with Gasteiger partial charge in [0, 0.05) is 18.7 Å². The molecule has 0 radical (unpaired) electrons. The van der Waals surface area contributed by atoms with Gasteiger partial charge in [-0.3, -0.25) is 0 Å². The van der Waals surface area contributed by atoms with Crippen LogP contribution in [0.1, 0.15) is 35.6 Å². The predicted molar refractivity (Wildman–Crippen MR) is 78.5 cm³/mol. The first-order chi connectivity index (χ1) is 9.93. The second-order valence-corrected chi connectivity index (χ2v) is 5.26. The molecule has 3 heteroatoms. The molecule has 0 fully saturated rings. The number of rotatable bonds is 6. The van der Waals surface area contributed by atoms with Crippen LogP contribution in [0.3, 0.4) is 0 Å². The monoisotopic (exact) mass is 271 g/mol. The van der Waals surface area contributed by atoms with E-state index in [-0.39, 0.29) is 6.10 Å². The van der Waals surface area contributed by atoms with Crippen LogP contribution in [0.2, 0.25) is 0 Å². The molecule has 0 spiro atoms. The zero-order valence-corrected chi connectivity index (χ0v) is 11.7. The lowest BCUT2D eigenvalue weighted by Gasteiger charge is -2.25. The second kappa shape index (κ2) is 6.73. The van der Waals surface area contributed by atoms with Crippen LogP contribution in [0.4, 0.5) is 0 Å². The summed E-state index contributed by atoms with van der Waals surface area (Å²) in [5.41, 5.74) is 4.01. The smallest absolute Gasteiger partial charge is 0.0947 e. The van der Waals surface area contributed by atoms with E-state index >= 15 is 0 Å². The molecule has 1 aromatic carbocycles. The maximum absolute atomic E-state index is 6.04. The number of aryl methyl sites for hydroxylation is 1. The SMILES string of the molecule is c1ccc2c(c1)CCCC2OCCNCc1ccoc1. The molecule has 0 bridgehead atoms. The first-order valence-corrected chi connectivity index (χ1v) is 7.34. The molecule has 1 heterocycles. The molecule has 0 saturated heterocycles. The van der Waals surface area contributed by atoms with Crippen molar-refractivity contribution in [2.45, 2.75) is 31.9 Å². The Bertz CT molecular complexity index is 522. The van der Waals surface area contributed by atoms with E-state index in [1.807, 2.05) is 6.07 Å². The highest BCUT2D eigenvalue weighted by Gasteiger charge is 2.19. The Balaban J connectivity index is 1.43. The number of fused-ring (bicyclic) bond motifs is 1. The lowest BCUT2D eigenvalue weighted by Crippen LogP contribution is -2.21. The minimum Gasteiger partial charge on any atom is -0.472 e. The lowest BCUT2D eigenvalue weighted by atomic mass is 9.89. The van der Waals surface area contributed by atoms with Gasteiger partial charge in [0.1, 0.15) is 0 Å². The molecule has 0 amide bonds. The van der Waals surface area contributed by atoms with Gasteiger partial charge in [0.25, 0.3) is 0 Å². The Morgan fingerprint density at radius 3 is 3.10 bits per heavy atom. The summed E-state index contributed by atoms with van der Waals surface area (Å²) in [5.74, 6) is 0. The van der Waals surface area contributed by atoms with Crippen molar-refractivity contribution in [3.63, 3.8) is 0 Å². The summed E-state index contributed by atoms with van der Waals surface area (Å²) in [7, 11) is 0. The summed E-state index contributed by atoms with van der Waals surface area (Å²) in [4.78, 5) is 0. The molecule has 2 aromatic rings. The van der Waals surface area contributed by atoms with Crippen molar-refractivity contribution < 1.29 is 9.15 Å². The number of ether oxygens (including phenoxy) is 1. The average Bonchev–Trinajstić information content (AvgIpc) is 3.00. The van der Waals surface area contributed by atoms with Crippen molar-refractivity contribution in [2.24, 2.45) is 0 Å². The molecular weight excluding hydrogens is 250 g/mol. The van der Waals surface area contributed by atoms with Gasteiger partial charge < -0.3 is 14.5 Å². The van der Waals surface area contributed by atoms with E-state index in [2.05, 4.69) is 29.6 Å². The van der Waals surface area contributed by atoms with Crippen LogP contribution in [0, 0.1) is 0 Å². The van der Waals surface area contributed by atoms with Crippen molar-refractivity contribution in [3.05, 3.63) is 59.5 Å². The van der Waals surface area contributed by atoms with Gasteiger partial charge in [-0.15, -0.1) is 0 Å². The van der Waals surface area contributed by atoms with Gasteiger partial charge in [-0.1, -0.05) is 24.3 Å². The fourth-order valence-electron chi connectivity index (χ4n) is 2.78. The quantitative estimate of drug-likeness (QED) is 0.817. The first-order valence-electron chi connectivity index (χ1n) is 7.34. The third kappa shape index (κ3) is 3.30. The van der Waals surface area contributed by atoms with E-state index in [0.29, 0.717) is 0 Å². The molecule has 106 valence electrons. The molecule has 20 heavy (non-hydrogen) atoms. The number of nitrogens with one attached hydrogen (secondary N) is 1. The third-order valence-corrected chi connectivity index (χ3v) is 3.82. The molecule has 3 rings (SSSR count). The highest BCUT2D eigenvalue weighted by Crippen LogP contribution is 2.31. The molecule has 3 nitrogen and oxygen atoms in total. The number of benzene rings is 1. The van der Waals surface area contributed by atoms with Crippen LogP contribution in [-0.2, 0) is 17.7 Å². The largest absolute Gasteiger partial charge is 0.472 e. The van der Waals surface area contributed by atoms with E-state index in [1.54, 1.807) is 12.5 Å². The van der Waals surface area contributed by atoms with Gasteiger partial charge in [0.2, 0.25) is 0 Å². The Kier molecular flexibility index (Phi) is 4.51. The van der Waals surface area contributed by atoms with Crippen molar-refractivity contribution in [1.82, 2.24) is 5.32 Å². The number of hydrogen-bond acceptors (Lipinski definition) is 3. The van der Waals surface area contributed by atoms with Crippen LogP contribution in [-0.4, -0.2) is 13.2 Å². The van der Waals surface area contributed by atoms with Crippen LogP contribution in [0.15, 0.2) is 47.3 Å². The molecule has 1 atom stereocenters. The molecule has 0 saturated carbocycles. The van der Waals surface area contributed by atoms with Gasteiger partial charge in [0.15, 0.2) is 0 Å². The van der Waals surface area contributed by atoms with E-state index in [4.69, 9.17) is 9.15 Å². The van der Waals surface area contributed by atoms with Crippen molar-refractivity contribution in [2.75, 3.05) is 13.2 Å². The Morgan fingerprint density at radius 1 is 1.25 bits per heavy atom. The zero-order valence-electron chi connectivity index (χ0n) is 11.7. The maximum atomic E-state index is 6.04. The highest BCUT2D eigenvalue weighted by atomic mass is 16.5. The molecule has 1 unspecified atom stereocenters. The van der Waals surface area contributed by atoms with Gasteiger partial charge in [-0.25, -0.2) is 0 Å². The summed E-state index contributed by atoms with van der Waals surface area (Å²) in [6.45, 7) is 2.45. The van der Waals surface area contributed by atoms with Crippen molar-refractivity contribution >= 4 is 0 Å². The third-order valence-electron chi connectivity index (χ3n) is 3.82. The Hall–Kier alpha value is -1.58. The molecule has 1 aliphatic carbocycles. The normalized spacial score (nSPS) is 17.9. The van der Waals surface area contributed by atoms with Crippen molar-refractivity contribution in [3.8, 4) is 0 Å². The summed E-state index contributed by atoms with van der Waals surface area (Å²) in [6.07, 6.45) is 7.30. The van der Waals surface area contributed by atoms with Crippen LogP contribution >= 0.6 is 0 Å². The first kappa shape index (κ1) is 13.4. The van der Waals surface area contributed by atoms with Crippen LogP contribution < -0.4 is 5.32 Å². The summed E-state index contributed by atoms with van der Waals surface area (Å²) in [5, 5.41) is 3.37. The highest BCUT2D eigenvalue weighted by molar-refractivity contribution is 5.31. The minimum atomic E-state index is 0.274. The number of hydrogen-bond donors (Lipinski definition) is 1. The lowest BCUT2D eigenvalue weighted by molar-refractivity contribution is 0.0425. The van der Waals surface area contributed by atoms with Gasteiger partial charge in [-0.2, -0.15) is 0 Å². The van der Waals surface area contributed by atoms with Gasteiger partial charge in [-0.05, 0) is 36.5 Å². The minimum absolute atomic E-state index is 0.274.